The van der Waals surface area contributed by atoms with E-state index in [1.54, 1.807) is 0 Å². The summed E-state index contributed by atoms with van der Waals surface area (Å²) in [6.07, 6.45) is 9.48. The number of unbranched alkanes of at least 4 members (excludes halogenated alkanes) is 4. The van der Waals surface area contributed by atoms with Crippen molar-refractivity contribution in [1.29, 1.82) is 0 Å². The van der Waals surface area contributed by atoms with E-state index in [1.165, 1.54) is 25.7 Å². The van der Waals surface area contributed by atoms with E-state index >= 15 is 0 Å². The first kappa shape index (κ1) is 22.0. The molecule has 2 N–H and O–H groups in total. The van der Waals surface area contributed by atoms with E-state index < -0.39 is 17.4 Å². The largest absolute Gasteiger partial charge is 0.481 e. The lowest BCUT2D eigenvalue weighted by atomic mass is 9.57. The average molecular weight is 355 g/mol. The monoisotopic (exact) mass is 354 g/mol. The van der Waals surface area contributed by atoms with Gasteiger partial charge in [0.25, 0.3) is 0 Å². The third-order valence-corrected chi connectivity index (χ3v) is 6.32. The van der Waals surface area contributed by atoms with Crippen LogP contribution in [0.3, 0.4) is 0 Å². The van der Waals surface area contributed by atoms with Gasteiger partial charge in [-0.05, 0) is 43.4 Å². The van der Waals surface area contributed by atoms with Crippen LogP contribution in [-0.4, -0.2) is 22.2 Å². The highest BCUT2D eigenvalue weighted by molar-refractivity contribution is 5.77. The SMILES string of the molecule is CC(C)CCCCCCCC1CC(C(=O)O)CCC1(C(=O)O)C(C)C. The van der Waals surface area contributed by atoms with Crippen LogP contribution in [0.4, 0.5) is 0 Å². The normalized spacial score (nSPS) is 27.0. The van der Waals surface area contributed by atoms with Crippen molar-refractivity contribution < 1.29 is 19.8 Å². The van der Waals surface area contributed by atoms with Crippen molar-refractivity contribution in [2.75, 3.05) is 0 Å². The van der Waals surface area contributed by atoms with Gasteiger partial charge in [-0.3, -0.25) is 9.59 Å². The smallest absolute Gasteiger partial charge is 0.310 e. The van der Waals surface area contributed by atoms with Crippen LogP contribution in [0.25, 0.3) is 0 Å². The number of carboxylic acids is 2. The van der Waals surface area contributed by atoms with E-state index in [4.69, 9.17) is 0 Å². The number of hydrogen-bond acceptors (Lipinski definition) is 2. The lowest BCUT2D eigenvalue weighted by Crippen LogP contribution is -2.48. The average Bonchev–Trinajstić information content (AvgIpc) is 2.52. The van der Waals surface area contributed by atoms with Gasteiger partial charge in [-0.25, -0.2) is 0 Å². The number of aliphatic carboxylic acids is 2. The van der Waals surface area contributed by atoms with Crippen LogP contribution in [0.2, 0.25) is 0 Å². The zero-order valence-corrected chi connectivity index (χ0v) is 16.6. The number of hydrogen-bond donors (Lipinski definition) is 2. The van der Waals surface area contributed by atoms with Gasteiger partial charge in [-0.1, -0.05) is 66.2 Å². The Balaban J connectivity index is 2.59. The van der Waals surface area contributed by atoms with Crippen molar-refractivity contribution in [3.05, 3.63) is 0 Å². The molecule has 0 bridgehead atoms. The van der Waals surface area contributed by atoms with Crippen LogP contribution in [0, 0.1) is 29.1 Å². The topological polar surface area (TPSA) is 74.6 Å². The molecule has 0 aromatic carbocycles. The minimum atomic E-state index is -0.763. The van der Waals surface area contributed by atoms with Gasteiger partial charge in [0.05, 0.1) is 11.3 Å². The maximum atomic E-state index is 12.1. The van der Waals surface area contributed by atoms with Gasteiger partial charge in [-0.15, -0.1) is 0 Å². The molecule has 0 aromatic heterocycles. The summed E-state index contributed by atoms with van der Waals surface area (Å²) in [6.45, 7) is 8.46. The molecule has 0 aliphatic heterocycles. The fourth-order valence-electron chi connectivity index (χ4n) is 4.65. The van der Waals surface area contributed by atoms with Gasteiger partial charge in [0.2, 0.25) is 0 Å². The van der Waals surface area contributed by atoms with Crippen LogP contribution in [0.1, 0.15) is 91.9 Å². The molecule has 25 heavy (non-hydrogen) atoms. The van der Waals surface area contributed by atoms with Crippen molar-refractivity contribution in [2.45, 2.75) is 91.9 Å². The Kier molecular flexibility index (Phi) is 8.95. The van der Waals surface area contributed by atoms with E-state index in [0.717, 1.165) is 25.2 Å². The van der Waals surface area contributed by atoms with Crippen LogP contribution < -0.4 is 0 Å². The molecule has 0 amide bonds. The van der Waals surface area contributed by atoms with E-state index in [1.807, 2.05) is 13.8 Å². The highest BCUT2D eigenvalue weighted by Crippen LogP contribution is 2.51. The summed E-state index contributed by atoms with van der Waals surface area (Å²) in [4.78, 5) is 23.5. The molecule has 0 saturated heterocycles. The predicted molar refractivity (Wildman–Crippen MR) is 101 cm³/mol. The summed E-state index contributed by atoms with van der Waals surface area (Å²) < 4.78 is 0. The minimum Gasteiger partial charge on any atom is -0.481 e. The Morgan fingerprint density at radius 1 is 1.00 bits per heavy atom. The van der Waals surface area contributed by atoms with Crippen molar-refractivity contribution in [3.63, 3.8) is 0 Å². The molecule has 0 radical (unpaired) electrons. The molecule has 0 spiro atoms. The lowest BCUT2D eigenvalue weighted by Gasteiger charge is -2.45. The Labute approximate surface area is 153 Å². The first-order chi connectivity index (χ1) is 11.7. The zero-order valence-electron chi connectivity index (χ0n) is 16.6. The Hall–Kier alpha value is -1.06. The second kappa shape index (κ2) is 10.2. The summed E-state index contributed by atoms with van der Waals surface area (Å²) in [5.41, 5.74) is -0.746. The standard InChI is InChI=1S/C21H38O4/c1-15(2)10-8-6-5-7-9-11-18-14-17(19(22)23)12-13-21(18,16(3)4)20(24)25/h15-18H,5-14H2,1-4H3,(H,22,23)(H,24,25). The number of carbonyl (C=O) groups is 2. The quantitative estimate of drug-likeness (QED) is 0.473. The molecular weight excluding hydrogens is 316 g/mol. The predicted octanol–water partition coefficient (Wildman–Crippen LogP) is 5.60. The van der Waals surface area contributed by atoms with Crippen molar-refractivity contribution >= 4 is 11.9 Å². The molecule has 1 fully saturated rings. The summed E-state index contributed by atoms with van der Waals surface area (Å²) in [5.74, 6) is -1.08. The molecule has 1 aliphatic carbocycles. The lowest BCUT2D eigenvalue weighted by molar-refractivity contribution is -0.165. The molecule has 1 rings (SSSR count). The van der Waals surface area contributed by atoms with Gasteiger partial charge < -0.3 is 10.2 Å². The molecule has 0 heterocycles. The maximum absolute atomic E-state index is 12.1. The molecule has 3 atom stereocenters. The van der Waals surface area contributed by atoms with Gasteiger partial charge in [-0.2, -0.15) is 0 Å². The third kappa shape index (κ3) is 6.00. The summed E-state index contributed by atoms with van der Waals surface area (Å²) in [5, 5.41) is 19.3. The summed E-state index contributed by atoms with van der Waals surface area (Å²) in [6, 6.07) is 0. The van der Waals surface area contributed by atoms with E-state index in [2.05, 4.69) is 13.8 Å². The Morgan fingerprint density at radius 3 is 2.12 bits per heavy atom. The first-order valence-electron chi connectivity index (χ1n) is 10.2. The fourth-order valence-corrected chi connectivity index (χ4v) is 4.65. The number of carboxylic acid groups (broad SMARTS) is 2. The van der Waals surface area contributed by atoms with Crippen molar-refractivity contribution in [2.24, 2.45) is 29.1 Å². The second-order valence-corrected chi connectivity index (χ2v) is 8.75. The van der Waals surface area contributed by atoms with E-state index in [9.17, 15) is 19.8 Å². The van der Waals surface area contributed by atoms with Crippen LogP contribution in [0.5, 0.6) is 0 Å². The van der Waals surface area contributed by atoms with Crippen LogP contribution in [-0.2, 0) is 9.59 Å². The van der Waals surface area contributed by atoms with Crippen molar-refractivity contribution in [3.8, 4) is 0 Å². The van der Waals surface area contributed by atoms with Crippen LogP contribution in [0.15, 0.2) is 0 Å². The zero-order chi connectivity index (χ0) is 19.0. The molecule has 4 nitrogen and oxygen atoms in total. The van der Waals surface area contributed by atoms with Gasteiger partial charge in [0.15, 0.2) is 0 Å². The molecule has 1 saturated carbocycles. The highest BCUT2D eigenvalue weighted by Gasteiger charge is 2.51. The Bertz CT molecular complexity index is 430. The van der Waals surface area contributed by atoms with Crippen molar-refractivity contribution in [1.82, 2.24) is 0 Å². The molecule has 1 aliphatic rings. The third-order valence-electron chi connectivity index (χ3n) is 6.32. The molecule has 4 heteroatoms. The summed E-state index contributed by atoms with van der Waals surface area (Å²) in [7, 11) is 0. The minimum absolute atomic E-state index is 0.0180. The first-order valence-corrected chi connectivity index (χ1v) is 10.2. The molecular formula is C21H38O4. The van der Waals surface area contributed by atoms with E-state index in [-0.39, 0.29) is 17.8 Å². The number of rotatable bonds is 11. The van der Waals surface area contributed by atoms with E-state index in [0.29, 0.717) is 19.3 Å². The van der Waals surface area contributed by atoms with Gasteiger partial charge >= 0.3 is 11.9 Å². The van der Waals surface area contributed by atoms with Crippen LogP contribution >= 0.6 is 0 Å². The van der Waals surface area contributed by atoms with Gasteiger partial charge in [0.1, 0.15) is 0 Å². The molecule has 146 valence electrons. The summed E-state index contributed by atoms with van der Waals surface area (Å²) >= 11 is 0. The van der Waals surface area contributed by atoms with Gasteiger partial charge in [0, 0.05) is 0 Å². The molecule has 0 aromatic rings. The maximum Gasteiger partial charge on any atom is 0.310 e. The molecule has 3 unspecified atom stereocenters. The fraction of sp³-hybridized carbons (Fsp3) is 0.905. The Morgan fingerprint density at radius 2 is 1.60 bits per heavy atom. The second-order valence-electron chi connectivity index (χ2n) is 8.75. The highest BCUT2D eigenvalue weighted by atomic mass is 16.4.